The van der Waals surface area contributed by atoms with Crippen LogP contribution in [0, 0.1) is 23.3 Å². The second kappa shape index (κ2) is 9.45. The lowest BCUT2D eigenvalue weighted by Crippen LogP contribution is -2.15. The first-order chi connectivity index (χ1) is 14.6. The fraction of sp³-hybridized carbons (Fsp3) is 0.417. The van der Waals surface area contributed by atoms with Gasteiger partial charge in [-0.25, -0.2) is 17.6 Å². The zero-order valence-corrected chi connectivity index (χ0v) is 17.0. The van der Waals surface area contributed by atoms with Crippen molar-refractivity contribution < 1.29 is 30.7 Å². The Morgan fingerprint density at radius 2 is 1.32 bits per heavy atom. The molecule has 0 saturated heterocycles. The molecule has 0 unspecified atom stereocenters. The van der Waals surface area contributed by atoms with Gasteiger partial charge < -0.3 is 0 Å². The molecule has 3 rings (SSSR count). The van der Waals surface area contributed by atoms with Crippen LogP contribution >= 0.6 is 0 Å². The number of hydrogen-bond donors (Lipinski definition) is 0. The molecule has 1 aliphatic carbocycles. The number of alkyl halides is 3. The zero-order valence-electron chi connectivity index (χ0n) is 17.0. The Labute approximate surface area is 176 Å². The van der Waals surface area contributed by atoms with Crippen molar-refractivity contribution >= 4 is 6.08 Å². The van der Waals surface area contributed by atoms with Crippen molar-refractivity contribution in [2.24, 2.45) is 0 Å². The molecule has 0 aliphatic heterocycles. The minimum absolute atomic E-state index is 0.0586. The first-order valence-electron chi connectivity index (χ1n) is 10.3. The van der Waals surface area contributed by atoms with E-state index in [9.17, 15) is 30.7 Å². The average molecular weight is 444 g/mol. The minimum Gasteiger partial charge on any atom is -0.207 e. The third-order valence-corrected chi connectivity index (χ3v) is 5.82. The highest BCUT2D eigenvalue weighted by molar-refractivity contribution is 5.52. The van der Waals surface area contributed by atoms with E-state index in [1.54, 1.807) is 0 Å². The number of rotatable bonds is 5. The summed E-state index contributed by atoms with van der Waals surface area (Å²) in [5, 5.41) is 0. The van der Waals surface area contributed by atoms with Gasteiger partial charge in [-0.1, -0.05) is 13.3 Å². The molecule has 0 bridgehead atoms. The second-order valence-corrected chi connectivity index (χ2v) is 8.04. The van der Waals surface area contributed by atoms with E-state index in [-0.39, 0.29) is 23.5 Å². The Morgan fingerprint density at radius 3 is 1.81 bits per heavy atom. The molecule has 0 aromatic heterocycles. The van der Waals surface area contributed by atoms with Crippen molar-refractivity contribution in [3.63, 3.8) is 0 Å². The van der Waals surface area contributed by atoms with Crippen LogP contribution in [0.1, 0.15) is 73.1 Å². The Hall–Kier alpha value is -2.31. The van der Waals surface area contributed by atoms with E-state index in [1.165, 1.54) is 12.1 Å². The molecule has 1 fully saturated rings. The average Bonchev–Trinajstić information content (AvgIpc) is 2.66. The van der Waals surface area contributed by atoms with Gasteiger partial charge in [0.2, 0.25) is 0 Å². The number of benzene rings is 2. The number of allylic oxidation sites excluding steroid dienone is 1. The third-order valence-electron chi connectivity index (χ3n) is 5.82. The van der Waals surface area contributed by atoms with Crippen LogP contribution in [0.2, 0.25) is 0 Å². The maximum Gasteiger partial charge on any atom is 0.409 e. The van der Waals surface area contributed by atoms with Crippen LogP contribution in [0.25, 0.3) is 6.08 Å². The number of halogens is 7. The van der Waals surface area contributed by atoms with Crippen molar-refractivity contribution in [2.45, 2.75) is 63.5 Å². The molecule has 0 amide bonds. The summed E-state index contributed by atoms with van der Waals surface area (Å²) in [5.41, 5.74) is 0.270. The molecule has 0 spiro atoms. The third kappa shape index (κ3) is 5.69. The predicted octanol–water partition coefficient (Wildman–Crippen LogP) is 8.21. The predicted molar refractivity (Wildman–Crippen MR) is 106 cm³/mol. The monoisotopic (exact) mass is 444 g/mol. The van der Waals surface area contributed by atoms with Crippen LogP contribution in [0.15, 0.2) is 30.3 Å². The van der Waals surface area contributed by atoms with Crippen LogP contribution < -0.4 is 0 Å². The second-order valence-electron chi connectivity index (χ2n) is 8.04. The van der Waals surface area contributed by atoms with Crippen LogP contribution in [-0.4, -0.2) is 6.18 Å². The molecule has 2 aromatic carbocycles. The van der Waals surface area contributed by atoms with Gasteiger partial charge in [0.15, 0.2) is 0 Å². The molecule has 1 saturated carbocycles. The quantitative estimate of drug-likeness (QED) is 0.408. The van der Waals surface area contributed by atoms with Gasteiger partial charge in [-0.3, -0.25) is 0 Å². The maximum atomic E-state index is 14.5. The van der Waals surface area contributed by atoms with Crippen LogP contribution in [-0.2, 0) is 6.42 Å². The summed E-state index contributed by atoms with van der Waals surface area (Å²) in [7, 11) is 0. The molecule has 0 radical (unpaired) electrons. The van der Waals surface area contributed by atoms with E-state index in [2.05, 4.69) is 0 Å². The molecular formula is C24H23F7. The lowest BCUT2D eigenvalue weighted by molar-refractivity contribution is -0.0790. The Bertz CT molecular complexity index is 905. The molecule has 168 valence electrons. The van der Waals surface area contributed by atoms with Crippen molar-refractivity contribution in [3.8, 4) is 0 Å². The number of aryl methyl sites for hydroxylation is 1. The normalized spacial score (nSPS) is 19.9. The SMILES string of the molecule is CCCc1cc(F)c(C2CCC(c3cc(F)c(/C=C/C(F)(F)F)c(F)c3)CC2)c(F)c1. The van der Waals surface area contributed by atoms with Gasteiger partial charge in [-0.2, -0.15) is 13.2 Å². The zero-order chi connectivity index (χ0) is 22.8. The largest absolute Gasteiger partial charge is 0.409 e. The van der Waals surface area contributed by atoms with Crippen molar-refractivity contribution in [1.82, 2.24) is 0 Å². The summed E-state index contributed by atoms with van der Waals surface area (Å²) in [6.45, 7) is 1.93. The summed E-state index contributed by atoms with van der Waals surface area (Å²) in [5.74, 6) is -3.82. The highest BCUT2D eigenvalue weighted by Crippen LogP contribution is 2.42. The van der Waals surface area contributed by atoms with E-state index in [4.69, 9.17) is 0 Å². The van der Waals surface area contributed by atoms with E-state index in [0.29, 0.717) is 49.3 Å². The highest BCUT2D eigenvalue weighted by Gasteiger charge is 2.29. The van der Waals surface area contributed by atoms with Gasteiger partial charge in [0.25, 0.3) is 0 Å². The molecule has 31 heavy (non-hydrogen) atoms. The fourth-order valence-electron chi connectivity index (χ4n) is 4.35. The van der Waals surface area contributed by atoms with Crippen molar-refractivity contribution in [1.29, 1.82) is 0 Å². The summed E-state index contributed by atoms with van der Waals surface area (Å²) >= 11 is 0. The summed E-state index contributed by atoms with van der Waals surface area (Å²) in [6, 6.07) is 4.83. The van der Waals surface area contributed by atoms with E-state index >= 15 is 0 Å². The highest BCUT2D eigenvalue weighted by atomic mass is 19.4. The molecule has 0 heterocycles. The van der Waals surface area contributed by atoms with Gasteiger partial charge >= 0.3 is 6.18 Å². The van der Waals surface area contributed by atoms with Crippen molar-refractivity contribution in [3.05, 3.63) is 75.9 Å². The van der Waals surface area contributed by atoms with E-state index in [0.717, 1.165) is 18.6 Å². The lowest BCUT2D eigenvalue weighted by Gasteiger charge is -2.30. The molecule has 1 aliphatic rings. The van der Waals surface area contributed by atoms with Gasteiger partial charge in [-0.15, -0.1) is 0 Å². The first-order valence-corrected chi connectivity index (χ1v) is 10.3. The molecule has 2 aromatic rings. The molecule has 0 N–H and O–H groups in total. The Kier molecular flexibility index (Phi) is 7.12. The van der Waals surface area contributed by atoms with Crippen LogP contribution in [0.5, 0.6) is 0 Å². The molecule has 0 nitrogen and oxygen atoms in total. The number of hydrogen-bond acceptors (Lipinski definition) is 0. The van der Waals surface area contributed by atoms with Gasteiger partial charge in [0.05, 0.1) is 0 Å². The van der Waals surface area contributed by atoms with Gasteiger partial charge in [0, 0.05) is 17.2 Å². The smallest absolute Gasteiger partial charge is 0.207 e. The van der Waals surface area contributed by atoms with Crippen molar-refractivity contribution in [2.75, 3.05) is 0 Å². The van der Waals surface area contributed by atoms with Gasteiger partial charge in [-0.05, 0) is 85.4 Å². The topological polar surface area (TPSA) is 0 Å². The Balaban J connectivity index is 1.74. The van der Waals surface area contributed by atoms with Crippen LogP contribution in [0.3, 0.4) is 0 Å². The molecular weight excluding hydrogens is 421 g/mol. The van der Waals surface area contributed by atoms with Crippen LogP contribution in [0.4, 0.5) is 30.7 Å². The minimum atomic E-state index is -4.67. The summed E-state index contributed by atoms with van der Waals surface area (Å²) < 4.78 is 94.4. The fourth-order valence-corrected chi connectivity index (χ4v) is 4.35. The first kappa shape index (κ1) is 23.4. The molecule has 0 atom stereocenters. The van der Waals surface area contributed by atoms with E-state index in [1.807, 2.05) is 6.92 Å². The summed E-state index contributed by atoms with van der Waals surface area (Å²) in [4.78, 5) is 0. The lowest BCUT2D eigenvalue weighted by atomic mass is 9.75. The maximum absolute atomic E-state index is 14.5. The van der Waals surface area contributed by atoms with Gasteiger partial charge in [0.1, 0.15) is 23.3 Å². The Morgan fingerprint density at radius 1 is 0.806 bits per heavy atom. The van der Waals surface area contributed by atoms with E-state index < -0.39 is 35.0 Å². The molecule has 7 heteroatoms. The summed E-state index contributed by atoms with van der Waals surface area (Å²) in [6.07, 6.45) is -1.31. The standard InChI is InChI=1S/C24H23F7/c1-2-3-14-10-21(27)23(22(28)11-14)16-6-4-15(5-7-16)17-12-19(25)18(20(26)13-17)8-9-24(29,30)31/h8-13,15-16H,2-7H2,1H3/b9-8+.